The van der Waals surface area contributed by atoms with Crippen molar-refractivity contribution in [2.75, 3.05) is 7.11 Å². The van der Waals surface area contributed by atoms with Gasteiger partial charge >= 0.3 is 0 Å². The molecular formula is C9H10N2O4. The molecule has 0 aliphatic heterocycles. The van der Waals surface area contributed by atoms with Gasteiger partial charge in [0.05, 0.1) is 17.6 Å². The van der Waals surface area contributed by atoms with E-state index in [4.69, 9.17) is 10.5 Å². The minimum absolute atomic E-state index is 0.0178. The molecule has 0 spiro atoms. The van der Waals surface area contributed by atoms with Crippen molar-refractivity contribution in [3.05, 3.63) is 33.4 Å². The molecule has 0 atom stereocenters. The van der Waals surface area contributed by atoms with E-state index < -0.39 is 10.8 Å². The topological polar surface area (TPSA) is 95.5 Å². The zero-order valence-corrected chi connectivity index (χ0v) is 8.31. The molecule has 0 aromatic heterocycles. The maximum absolute atomic E-state index is 11.0. The largest absolute Gasteiger partial charge is 0.496 e. The Hall–Kier alpha value is -2.11. The lowest BCUT2D eigenvalue weighted by Crippen LogP contribution is -2.13. The number of nitro benzene ring substituents is 1. The van der Waals surface area contributed by atoms with Crippen LogP contribution in [0.5, 0.6) is 5.75 Å². The number of benzene rings is 1. The second-order valence-corrected chi connectivity index (χ2v) is 2.96. The SMILES string of the molecule is COc1c(C)cc([N+](=O)[O-])cc1C(N)=O. The van der Waals surface area contributed by atoms with Crippen LogP contribution in [0.15, 0.2) is 12.1 Å². The van der Waals surface area contributed by atoms with Gasteiger partial charge in [0.15, 0.2) is 0 Å². The molecule has 0 saturated heterocycles. The van der Waals surface area contributed by atoms with Crippen molar-refractivity contribution in [1.29, 1.82) is 0 Å². The summed E-state index contributed by atoms with van der Waals surface area (Å²) >= 11 is 0. The molecule has 1 aromatic carbocycles. The van der Waals surface area contributed by atoms with Crippen LogP contribution in [0, 0.1) is 17.0 Å². The zero-order chi connectivity index (χ0) is 11.6. The van der Waals surface area contributed by atoms with E-state index in [1.807, 2.05) is 0 Å². The molecule has 1 amide bonds. The lowest BCUT2D eigenvalue weighted by Gasteiger charge is -2.08. The standard InChI is InChI=1S/C9H10N2O4/c1-5-3-6(11(13)14)4-7(9(10)12)8(5)15-2/h3-4H,1-2H3,(H2,10,12). The first-order valence-electron chi connectivity index (χ1n) is 4.10. The van der Waals surface area contributed by atoms with E-state index in [1.165, 1.54) is 13.2 Å². The van der Waals surface area contributed by atoms with Gasteiger partial charge in [-0.3, -0.25) is 14.9 Å². The molecule has 15 heavy (non-hydrogen) atoms. The average molecular weight is 210 g/mol. The van der Waals surface area contributed by atoms with Crippen LogP contribution >= 0.6 is 0 Å². The number of amides is 1. The normalized spacial score (nSPS) is 9.73. The van der Waals surface area contributed by atoms with Gasteiger partial charge in [-0.05, 0) is 12.5 Å². The van der Waals surface area contributed by atoms with Crippen LogP contribution in [-0.2, 0) is 0 Å². The molecule has 0 heterocycles. The molecule has 0 saturated carbocycles. The van der Waals surface area contributed by atoms with Gasteiger partial charge in [0.25, 0.3) is 11.6 Å². The molecule has 0 bridgehead atoms. The Balaban J connectivity index is 3.45. The van der Waals surface area contributed by atoms with Gasteiger partial charge in [0, 0.05) is 12.1 Å². The van der Waals surface area contributed by atoms with Crippen molar-refractivity contribution in [1.82, 2.24) is 0 Å². The third-order valence-electron chi connectivity index (χ3n) is 1.94. The molecule has 0 fully saturated rings. The summed E-state index contributed by atoms with van der Waals surface area (Å²) in [7, 11) is 1.38. The molecule has 80 valence electrons. The Bertz CT molecular complexity index is 428. The average Bonchev–Trinajstić information content (AvgIpc) is 2.16. The fourth-order valence-corrected chi connectivity index (χ4v) is 1.31. The highest BCUT2D eigenvalue weighted by Gasteiger charge is 2.18. The number of nitrogens with two attached hydrogens (primary N) is 1. The van der Waals surface area contributed by atoms with Crippen LogP contribution in [-0.4, -0.2) is 17.9 Å². The van der Waals surface area contributed by atoms with Crippen LogP contribution in [0.2, 0.25) is 0 Å². The summed E-state index contributed by atoms with van der Waals surface area (Å²) in [6.07, 6.45) is 0. The quantitative estimate of drug-likeness (QED) is 0.594. The van der Waals surface area contributed by atoms with Gasteiger partial charge in [-0.2, -0.15) is 0 Å². The summed E-state index contributed by atoms with van der Waals surface area (Å²) in [6.45, 7) is 1.61. The van der Waals surface area contributed by atoms with Crippen LogP contribution in [0.4, 0.5) is 5.69 Å². The lowest BCUT2D eigenvalue weighted by molar-refractivity contribution is -0.384. The number of nitrogens with zero attached hydrogens (tertiary/aromatic N) is 1. The number of methoxy groups -OCH3 is 1. The fourth-order valence-electron chi connectivity index (χ4n) is 1.31. The molecule has 2 N–H and O–H groups in total. The molecule has 1 rings (SSSR count). The van der Waals surface area contributed by atoms with Crippen molar-refractivity contribution >= 4 is 11.6 Å². The van der Waals surface area contributed by atoms with Crippen LogP contribution in [0.1, 0.15) is 15.9 Å². The van der Waals surface area contributed by atoms with Crippen molar-refractivity contribution in [3.63, 3.8) is 0 Å². The predicted molar refractivity (Wildman–Crippen MR) is 52.9 cm³/mol. The highest BCUT2D eigenvalue weighted by Crippen LogP contribution is 2.28. The zero-order valence-electron chi connectivity index (χ0n) is 8.31. The molecule has 0 aliphatic carbocycles. The van der Waals surface area contributed by atoms with E-state index in [2.05, 4.69) is 0 Å². The van der Waals surface area contributed by atoms with E-state index in [9.17, 15) is 14.9 Å². The van der Waals surface area contributed by atoms with Crippen molar-refractivity contribution in [3.8, 4) is 5.75 Å². The Morgan fingerprint density at radius 3 is 2.53 bits per heavy atom. The monoisotopic (exact) mass is 210 g/mol. The van der Waals surface area contributed by atoms with Gasteiger partial charge in [0.2, 0.25) is 0 Å². The van der Waals surface area contributed by atoms with E-state index in [-0.39, 0.29) is 17.0 Å². The molecule has 0 unspecified atom stereocenters. The minimum atomic E-state index is -0.751. The fraction of sp³-hybridized carbons (Fsp3) is 0.222. The number of hydrogen-bond acceptors (Lipinski definition) is 4. The number of non-ortho nitro benzene ring substituents is 1. The summed E-state index contributed by atoms with van der Waals surface area (Å²) in [5, 5.41) is 10.5. The molecule has 0 aliphatic rings. The predicted octanol–water partition coefficient (Wildman–Crippen LogP) is 1.01. The summed E-state index contributed by atoms with van der Waals surface area (Å²) in [6, 6.07) is 2.43. The third kappa shape index (κ3) is 2.04. The first-order chi connectivity index (χ1) is 6.97. The maximum atomic E-state index is 11.0. The first-order valence-corrected chi connectivity index (χ1v) is 4.10. The van der Waals surface area contributed by atoms with Gasteiger partial charge in [-0.25, -0.2) is 0 Å². The molecule has 1 aromatic rings. The molecular weight excluding hydrogens is 200 g/mol. The Morgan fingerprint density at radius 2 is 2.13 bits per heavy atom. The first kappa shape index (κ1) is 11.0. The van der Waals surface area contributed by atoms with Crippen LogP contribution < -0.4 is 10.5 Å². The summed E-state index contributed by atoms with van der Waals surface area (Å²) < 4.78 is 4.95. The summed E-state index contributed by atoms with van der Waals surface area (Å²) in [4.78, 5) is 21.0. The number of ether oxygens (including phenoxy) is 1. The Labute approximate surface area is 85.8 Å². The number of carbonyl (C=O) groups is 1. The van der Waals surface area contributed by atoms with Gasteiger partial charge in [-0.15, -0.1) is 0 Å². The van der Waals surface area contributed by atoms with Crippen molar-refractivity contribution in [2.45, 2.75) is 6.92 Å². The van der Waals surface area contributed by atoms with Gasteiger partial charge in [-0.1, -0.05) is 0 Å². The number of nitro groups is 1. The Kier molecular flexibility index (Phi) is 2.89. The van der Waals surface area contributed by atoms with Gasteiger partial charge < -0.3 is 10.5 Å². The second kappa shape index (κ2) is 3.95. The van der Waals surface area contributed by atoms with Crippen molar-refractivity contribution < 1.29 is 14.5 Å². The number of primary amides is 1. The van der Waals surface area contributed by atoms with Gasteiger partial charge in [0.1, 0.15) is 5.75 Å². The highest BCUT2D eigenvalue weighted by atomic mass is 16.6. The highest BCUT2D eigenvalue weighted by molar-refractivity contribution is 5.96. The van der Waals surface area contributed by atoms with E-state index in [0.717, 1.165) is 6.07 Å². The molecule has 6 nitrogen and oxygen atoms in total. The number of carbonyl (C=O) groups excluding carboxylic acids is 1. The van der Waals surface area contributed by atoms with E-state index in [0.29, 0.717) is 5.56 Å². The summed E-state index contributed by atoms with van der Waals surface area (Å²) in [5.41, 5.74) is 5.43. The maximum Gasteiger partial charge on any atom is 0.270 e. The van der Waals surface area contributed by atoms with Crippen LogP contribution in [0.3, 0.4) is 0 Å². The third-order valence-corrected chi connectivity index (χ3v) is 1.94. The number of aryl methyl sites for hydroxylation is 1. The van der Waals surface area contributed by atoms with Crippen molar-refractivity contribution in [2.24, 2.45) is 5.73 Å². The lowest BCUT2D eigenvalue weighted by atomic mass is 10.1. The number of rotatable bonds is 3. The van der Waals surface area contributed by atoms with E-state index in [1.54, 1.807) is 6.92 Å². The molecule has 0 radical (unpaired) electrons. The number of hydrogen-bond donors (Lipinski definition) is 1. The second-order valence-electron chi connectivity index (χ2n) is 2.96. The minimum Gasteiger partial charge on any atom is -0.496 e. The van der Waals surface area contributed by atoms with E-state index >= 15 is 0 Å². The smallest absolute Gasteiger partial charge is 0.270 e. The Morgan fingerprint density at radius 1 is 1.53 bits per heavy atom. The summed E-state index contributed by atoms with van der Waals surface area (Å²) in [5.74, 6) is -0.480. The van der Waals surface area contributed by atoms with Crippen LogP contribution in [0.25, 0.3) is 0 Å². The molecule has 6 heteroatoms.